The Labute approximate surface area is 465 Å². The van der Waals surface area contributed by atoms with Gasteiger partial charge in [-0.1, -0.05) is 109 Å². The van der Waals surface area contributed by atoms with Gasteiger partial charge in [0.1, 0.15) is 0 Å². The average Bonchev–Trinajstić information content (AvgIpc) is 3.48. The molecular weight excluding hydrogens is 991 g/mol. The van der Waals surface area contributed by atoms with E-state index in [2.05, 4.69) is 16.0 Å². The number of amides is 3. The van der Waals surface area contributed by atoms with Crippen molar-refractivity contribution in [1.82, 2.24) is 0 Å². The zero-order valence-corrected chi connectivity index (χ0v) is 46.0. The molecule has 0 unspecified atom stereocenters. The number of anilines is 3. The van der Waals surface area contributed by atoms with Crippen LogP contribution < -0.4 is 50.4 Å². The number of benzene rings is 6. The zero-order chi connectivity index (χ0) is 57.2. The summed E-state index contributed by atoms with van der Waals surface area (Å²) in [7, 11) is 0. The van der Waals surface area contributed by atoms with Crippen LogP contribution in [0.15, 0.2) is 146 Å². The number of hydrogen-bond acceptors (Lipinski definition) is 12. The molecule has 15 nitrogen and oxygen atoms in total. The maximum Gasteiger partial charge on any atom is 0.252 e. The highest BCUT2D eigenvalue weighted by atomic mass is 16.2. The van der Waals surface area contributed by atoms with Gasteiger partial charge in [-0.25, -0.2) is 0 Å². The Morgan fingerprint density at radius 2 is 0.608 bits per heavy atom. The molecule has 0 aliphatic rings. The summed E-state index contributed by atoms with van der Waals surface area (Å²) in [5.41, 5.74) is 41.1. The molecule has 6 aromatic rings. The first kappa shape index (κ1) is 60.7. The first-order chi connectivity index (χ1) is 37.9. The lowest BCUT2D eigenvalue weighted by Crippen LogP contribution is -2.58. The minimum Gasteiger partial charge on any atom is -0.330 e. The van der Waals surface area contributed by atoms with Gasteiger partial charge in [-0.05, 0) is 185 Å². The number of ketones is 3. The number of hydrogen-bond donors (Lipinski definition) is 9. The molecule has 6 rings (SSSR count). The predicted molar refractivity (Wildman–Crippen MR) is 315 cm³/mol. The number of carbonyl (C=O) groups excluding carboxylic acids is 6. The number of rotatable bonds is 30. The van der Waals surface area contributed by atoms with Crippen molar-refractivity contribution in [3.05, 3.63) is 196 Å². The molecule has 6 aromatic carbocycles. The van der Waals surface area contributed by atoms with E-state index in [-0.39, 0.29) is 38.5 Å². The van der Waals surface area contributed by atoms with Crippen LogP contribution in [0.25, 0.3) is 0 Å². The van der Waals surface area contributed by atoms with E-state index in [9.17, 15) is 28.8 Å². The van der Waals surface area contributed by atoms with Crippen molar-refractivity contribution in [2.24, 2.45) is 34.4 Å². The summed E-state index contributed by atoms with van der Waals surface area (Å²) in [5.74, 6) is -3.54. The van der Waals surface area contributed by atoms with Crippen LogP contribution >= 0.6 is 0 Å². The highest BCUT2D eigenvalue weighted by Gasteiger charge is 2.43. The summed E-state index contributed by atoms with van der Waals surface area (Å²) in [6.45, 7) is 6.90. The van der Waals surface area contributed by atoms with Crippen LogP contribution in [0.2, 0.25) is 0 Å². The normalized spacial score (nSPS) is 13.6. The van der Waals surface area contributed by atoms with Gasteiger partial charge in [0.15, 0.2) is 34.0 Å². The van der Waals surface area contributed by atoms with Gasteiger partial charge in [0.25, 0.3) is 17.7 Å². The second kappa shape index (κ2) is 28.4. The van der Waals surface area contributed by atoms with Crippen LogP contribution in [-0.4, -0.2) is 71.3 Å². The maximum absolute atomic E-state index is 14.1. The van der Waals surface area contributed by atoms with Crippen molar-refractivity contribution < 1.29 is 28.8 Å². The highest BCUT2D eigenvalue weighted by Crippen LogP contribution is 2.35. The average molecular weight is 1070 g/mol. The minimum atomic E-state index is -1.82. The smallest absolute Gasteiger partial charge is 0.252 e. The van der Waals surface area contributed by atoms with Gasteiger partial charge in [0.2, 0.25) is 0 Å². The molecule has 0 saturated heterocycles. The number of carbonyl (C=O) groups is 6. The fraction of sp³-hybridized carbons (Fsp3) is 0.344. The van der Waals surface area contributed by atoms with Crippen molar-refractivity contribution in [2.45, 2.75) is 120 Å². The molecular formula is C64H79N9O6. The van der Waals surface area contributed by atoms with Gasteiger partial charge >= 0.3 is 0 Å². The predicted octanol–water partition coefficient (Wildman–Crippen LogP) is 7.52. The van der Waals surface area contributed by atoms with Crippen LogP contribution in [0.1, 0.15) is 114 Å². The lowest BCUT2D eigenvalue weighted by molar-refractivity contribution is -0.134. The van der Waals surface area contributed by atoms with Crippen LogP contribution in [0.3, 0.4) is 0 Å². The molecule has 3 amide bonds. The Hall–Kier alpha value is -7.50. The molecule has 15 N–H and O–H groups in total. The molecule has 0 aliphatic heterocycles. The summed E-state index contributed by atoms with van der Waals surface area (Å²) in [4.78, 5) is 84.2. The summed E-state index contributed by atoms with van der Waals surface area (Å²) >= 11 is 0. The monoisotopic (exact) mass is 1070 g/mol. The van der Waals surface area contributed by atoms with E-state index in [4.69, 9.17) is 34.4 Å². The summed E-state index contributed by atoms with van der Waals surface area (Å²) in [6.07, 6.45) is 3.53. The summed E-state index contributed by atoms with van der Waals surface area (Å²) in [5, 5.41) is 8.74. The minimum absolute atomic E-state index is 0.00718. The number of Topliss-reactive ketones (excluding diaryl/α,β-unsaturated/α-hetero) is 3. The fourth-order valence-electron chi connectivity index (χ4n) is 9.78. The number of nitrogens with one attached hydrogen (secondary N) is 3. The molecule has 0 heterocycles. The Bertz CT molecular complexity index is 2730. The SMILES string of the molecule is Cc1ccccc1CC(=O)[C@](N)(CCCCN)C(=O)Nc1ccc(C(c2ccc(NC(=O)[C@@](N)(CCCCN)C(=O)Cc3ccccc3C)cc2)c2ccc(NC(=O)[C@@](N)(CCCCN)C(=O)Cc3ccccc3C)cc2)cc1. The van der Waals surface area contributed by atoms with Gasteiger partial charge in [-0.2, -0.15) is 0 Å². The quantitative estimate of drug-likeness (QED) is 0.0120. The standard InChI is InChI=1S/C64H79N9O6/c1-43-16-4-7-19-49(43)40-55(74)62(68,34-10-13-37-65)59(77)71-52-28-22-46(23-29-52)58(47-24-30-53(31-25-47)72-60(78)63(69,35-11-14-38-66)56(75)41-50-20-8-5-17-44(50)2)48-26-32-54(33-27-48)73-61(79)64(70,36-12-15-39-67)57(76)42-51-21-9-6-18-45(51)3/h4-9,16-33,58H,10-15,34-42,65-70H2,1-3H3,(H,71,77)(H,72,78)(H,73,79)/t62-,63-,64-/m1/s1. The molecule has 3 atom stereocenters. The van der Waals surface area contributed by atoms with E-state index >= 15 is 0 Å². The molecule has 0 saturated carbocycles. The van der Waals surface area contributed by atoms with Gasteiger partial charge in [-0.15, -0.1) is 0 Å². The van der Waals surface area contributed by atoms with E-state index in [0.717, 1.165) is 50.1 Å². The van der Waals surface area contributed by atoms with Gasteiger partial charge in [0.05, 0.1) is 0 Å². The second-order valence-electron chi connectivity index (χ2n) is 20.9. The number of unbranched alkanes of at least 4 members (excludes halogenated alkanes) is 3. The van der Waals surface area contributed by atoms with E-state index in [1.54, 1.807) is 36.4 Å². The topological polar surface area (TPSA) is 295 Å². The molecule has 0 radical (unpaired) electrons. The van der Waals surface area contributed by atoms with E-state index in [1.165, 1.54) is 0 Å². The van der Waals surface area contributed by atoms with Crippen LogP contribution in [-0.2, 0) is 48.0 Å². The van der Waals surface area contributed by atoms with Crippen molar-refractivity contribution >= 4 is 52.1 Å². The number of aryl methyl sites for hydroxylation is 3. The molecule has 0 fully saturated rings. The van der Waals surface area contributed by atoms with Crippen molar-refractivity contribution in [3.8, 4) is 0 Å². The van der Waals surface area contributed by atoms with Crippen LogP contribution in [0.4, 0.5) is 17.1 Å². The Kier molecular flexibility index (Phi) is 21.8. The Morgan fingerprint density at radius 1 is 0.367 bits per heavy atom. The molecule has 0 aliphatic carbocycles. The first-order valence-corrected chi connectivity index (χ1v) is 27.3. The van der Waals surface area contributed by atoms with Crippen LogP contribution in [0, 0.1) is 20.8 Å². The molecule has 0 bridgehead atoms. The van der Waals surface area contributed by atoms with Gasteiger partial charge in [0, 0.05) is 42.2 Å². The third kappa shape index (κ3) is 15.6. The zero-order valence-electron chi connectivity index (χ0n) is 46.0. The maximum atomic E-state index is 14.1. The molecule has 0 spiro atoms. The Balaban J connectivity index is 1.30. The second-order valence-corrected chi connectivity index (χ2v) is 20.9. The molecule has 416 valence electrons. The van der Waals surface area contributed by atoms with Crippen molar-refractivity contribution in [3.63, 3.8) is 0 Å². The van der Waals surface area contributed by atoms with Crippen molar-refractivity contribution in [2.75, 3.05) is 35.6 Å². The lowest BCUT2D eigenvalue weighted by atomic mass is 9.83. The van der Waals surface area contributed by atoms with Gasteiger partial charge in [-0.3, -0.25) is 28.8 Å². The third-order valence-corrected chi connectivity index (χ3v) is 15.1. The largest absolute Gasteiger partial charge is 0.330 e. The van der Waals surface area contributed by atoms with E-state index < -0.39 is 57.6 Å². The first-order valence-electron chi connectivity index (χ1n) is 27.3. The van der Waals surface area contributed by atoms with Crippen LogP contribution in [0.5, 0.6) is 0 Å². The molecule has 79 heavy (non-hydrogen) atoms. The third-order valence-electron chi connectivity index (χ3n) is 15.1. The van der Waals surface area contributed by atoms with E-state index in [1.807, 2.05) is 130 Å². The summed E-state index contributed by atoms with van der Waals surface area (Å²) in [6, 6.07) is 44.2. The van der Waals surface area contributed by atoms with Gasteiger partial charge < -0.3 is 50.4 Å². The molecule has 15 heteroatoms. The number of nitrogens with two attached hydrogens (primary N) is 6. The Morgan fingerprint density at radius 3 is 0.835 bits per heavy atom. The molecule has 0 aromatic heterocycles. The lowest BCUT2D eigenvalue weighted by Gasteiger charge is -2.28. The fourth-order valence-corrected chi connectivity index (χ4v) is 9.78. The van der Waals surface area contributed by atoms with Crippen molar-refractivity contribution in [1.29, 1.82) is 0 Å². The summed E-state index contributed by atoms with van der Waals surface area (Å²) < 4.78 is 0. The highest BCUT2D eigenvalue weighted by molar-refractivity contribution is 6.17. The van der Waals surface area contributed by atoms with E-state index in [0.29, 0.717) is 75.2 Å².